The molecule has 0 aliphatic heterocycles. The second-order valence-electron chi connectivity index (χ2n) is 2.09. The molecule has 0 amide bonds. The lowest BCUT2D eigenvalue weighted by atomic mass is 10.2. The molecule has 0 saturated heterocycles. The van der Waals surface area contributed by atoms with Crippen LogP contribution < -0.4 is 0 Å². The Morgan fingerprint density at radius 3 is 2.67 bits per heavy atom. The summed E-state index contributed by atoms with van der Waals surface area (Å²) in [5.41, 5.74) is 0.105. The van der Waals surface area contributed by atoms with Crippen LogP contribution >= 0.6 is 27.5 Å². The minimum atomic E-state index is -2.57. The number of hydrogen-bond donors (Lipinski definition) is 0. The molecule has 12 heavy (non-hydrogen) atoms. The Balaban J connectivity index is 3.18. The standard InChI is InChI=1S/C7H5BrClF2N/c8-3-4-5(9)1-2-12-6(4)7(10)11/h1-2,7H,3H2. The Morgan fingerprint density at radius 1 is 1.58 bits per heavy atom. The number of rotatable bonds is 2. The van der Waals surface area contributed by atoms with Gasteiger partial charge < -0.3 is 0 Å². The van der Waals surface area contributed by atoms with Gasteiger partial charge in [-0.25, -0.2) is 8.78 Å². The highest BCUT2D eigenvalue weighted by Gasteiger charge is 2.15. The predicted molar refractivity (Wildman–Crippen MR) is 46.8 cm³/mol. The molecule has 0 bridgehead atoms. The third-order valence-corrected chi connectivity index (χ3v) is 2.29. The number of aromatic nitrogens is 1. The van der Waals surface area contributed by atoms with Crippen molar-refractivity contribution in [2.24, 2.45) is 0 Å². The summed E-state index contributed by atoms with van der Waals surface area (Å²) in [6.07, 6.45) is -1.30. The maximum Gasteiger partial charge on any atom is 0.280 e. The topological polar surface area (TPSA) is 12.9 Å². The van der Waals surface area contributed by atoms with Crippen molar-refractivity contribution in [1.82, 2.24) is 4.98 Å². The average Bonchev–Trinajstić information content (AvgIpc) is 2.03. The second-order valence-corrected chi connectivity index (χ2v) is 3.06. The third-order valence-electron chi connectivity index (χ3n) is 1.37. The summed E-state index contributed by atoms with van der Waals surface area (Å²) < 4.78 is 24.5. The van der Waals surface area contributed by atoms with Crippen molar-refractivity contribution in [2.45, 2.75) is 11.8 Å². The highest BCUT2D eigenvalue weighted by Crippen LogP contribution is 2.27. The van der Waals surface area contributed by atoms with Crippen LogP contribution in [0.5, 0.6) is 0 Å². The van der Waals surface area contributed by atoms with Crippen molar-refractivity contribution in [1.29, 1.82) is 0 Å². The summed E-state index contributed by atoms with van der Waals surface area (Å²) >= 11 is 8.74. The molecule has 1 nitrogen and oxygen atoms in total. The van der Waals surface area contributed by atoms with E-state index in [0.29, 0.717) is 15.9 Å². The van der Waals surface area contributed by atoms with Gasteiger partial charge >= 0.3 is 0 Å². The van der Waals surface area contributed by atoms with Gasteiger partial charge in [-0.15, -0.1) is 0 Å². The molecule has 0 N–H and O–H groups in total. The second kappa shape index (κ2) is 4.14. The molecule has 0 aromatic carbocycles. The maximum atomic E-state index is 12.3. The van der Waals surface area contributed by atoms with Crippen LogP contribution in [0.4, 0.5) is 8.78 Å². The molecule has 0 aliphatic carbocycles. The van der Waals surface area contributed by atoms with E-state index in [-0.39, 0.29) is 5.69 Å². The molecule has 1 aromatic rings. The summed E-state index contributed by atoms with van der Waals surface area (Å²) in [6.45, 7) is 0. The minimum Gasteiger partial charge on any atom is -0.255 e. The van der Waals surface area contributed by atoms with E-state index in [1.54, 1.807) is 0 Å². The van der Waals surface area contributed by atoms with Crippen LogP contribution in [0.1, 0.15) is 17.7 Å². The van der Waals surface area contributed by atoms with E-state index < -0.39 is 6.43 Å². The van der Waals surface area contributed by atoms with Crippen LogP contribution in [0.25, 0.3) is 0 Å². The fourth-order valence-electron chi connectivity index (χ4n) is 0.804. The van der Waals surface area contributed by atoms with E-state index in [9.17, 15) is 8.78 Å². The first-order valence-corrected chi connectivity index (χ1v) is 4.64. The monoisotopic (exact) mass is 255 g/mol. The summed E-state index contributed by atoms with van der Waals surface area (Å²) in [4.78, 5) is 3.55. The Hall–Kier alpha value is -0.220. The van der Waals surface area contributed by atoms with Crippen molar-refractivity contribution in [2.75, 3.05) is 0 Å². The molecule has 0 aliphatic rings. The lowest BCUT2D eigenvalue weighted by molar-refractivity contribution is 0.145. The third kappa shape index (κ3) is 1.93. The summed E-state index contributed by atoms with van der Waals surface area (Å²) in [5.74, 6) is 0. The van der Waals surface area contributed by atoms with E-state index in [1.165, 1.54) is 12.3 Å². The number of alkyl halides is 3. The van der Waals surface area contributed by atoms with E-state index in [1.807, 2.05) is 0 Å². The fraction of sp³-hybridized carbons (Fsp3) is 0.286. The van der Waals surface area contributed by atoms with Gasteiger partial charge in [0.25, 0.3) is 6.43 Å². The van der Waals surface area contributed by atoms with Crippen LogP contribution in [0.3, 0.4) is 0 Å². The number of hydrogen-bond acceptors (Lipinski definition) is 1. The van der Waals surface area contributed by atoms with Crippen molar-refractivity contribution < 1.29 is 8.78 Å². The number of halogens is 4. The zero-order valence-corrected chi connectivity index (χ0v) is 8.24. The number of nitrogens with zero attached hydrogens (tertiary/aromatic N) is 1. The first-order valence-electron chi connectivity index (χ1n) is 3.14. The maximum absolute atomic E-state index is 12.3. The SMILES string of the molecule is FC(F)c1nccc(Cl)c1CBr. The lowest BCUT2D eigenvalue weighted by Gasteiger charge is -2.05. The van der Waals surface area contributed by atoms with E-state index >= 15 is 0 Å². The Bertz CT molecular complexity index is 280. The molecule has 5 heteroatoms. The lowest BCUT2D eigenvalue weighted by Crippen LogP contribution is -1.96. The van der Waals surface area contributed by atoms with Gasteiger partial charge in [-0.05, 0) is 6.07 Å². The predicted octanol–water partition coefficient (Wildman–Crippen LogP) is 3.57. The minimum absolute atomic E-state index is 0.251. The summed E-state index contributed by atoms with van der Waals surface area (Å²) in [7, 11) is 0. The van der Waals surface area contributed by atoms with Crippen LogP contribution in [-0.2, 0) is 5.33 Å². The molecule has 1 rings (SSSR count). The zero-order valence-electron chi connectivity index (χ0n) is 5.90. The van der Waals surface area contributed by atoms with Gasteiger partial charge in [0, 0.05) is 22.1 Å². The van der Waals surface area contributed by atoms with Crippen molar-refractivity contribution >= 4 is 27.5 Å². The normalized spacial score (nSPS) is 10.8. The number of pyridine rings is 1. The van der Waals surface area contributed by atoms with Gasteiger partial charge in [-0.2, -0.15) is 0 Å². The van der Waals surface area contributed by atoms with Crippen molar-refractivity contribution in [3.63, 3.8) is 0 Å². The molecule has 1 aromatic heterocycles. The Morgan fingerprint density at radius 2 is 2.25 bits per heavy atom. The fourth-order valence-corrected chi connectivity index (χ4v) is 1.77. The molecule has 1 heterocycles. The summed E-state index contributed by atoms with van der Waals surface area (Å²) in [6, 6.07) is 1.49. The van der Waals surface area contributed by atoms with Crippen LogP contribution in [0, 0.1) is 0 Å². The summed E-state index contributed by atoms with van der Waals surface area (Å²) in [5, 5.41) is 0.608. The molecular weight excluding hydrogens is 251 g/mol. The first-order chi connectivity index (χ1) is 5.66. The molecule has 0 fully saturated rings. The van der Waals surface area contributed by atoms with Crippen molar-refractivity contribution in [3.8, 4) is 0 Å². The Kier molecular flexibility index (Phi) is 3.40. The van der Waals surface area contributed by atoms with E-state index in [4.69, 9.17) is 11.6 Å². The quantitative estimate of drug-likeness (QED) is 0.737. The van der Waals surface area contributed by atoms with Crippen LogP contribution in [-0.4, -0.2) is 4.98 Å². The van der Waals surface area contributed by atoms with Gasteiger partial charge in [0.05, 0.1) is 0 Å². The van der Waals surface area contributed by atoms with Crippen LogP contribution in [0.15, 0.2) is 12.3 Å². The average molecular weight is 256 g/mol. The van der Waals surface area contributed by atoms with Gasteiger partial charge in [-0.3, -0.25) is 4.98 Å². The molecular formula is C7H5BrClF2N. The van der Waals surface area contributed by atoms with Gasteiger partial charge in [0.1, 0.15) is 5.69 Å². The molecule has 0 atom stereocenters. The molecule has 0 radical (unpaired) electrons. The molecule has 0 spiro atoms. The van der Waals surface area contributed by atoms with Crippen molar-refractivity contribution in [3.05, 3.63) is 28.5 Å². The smallest absolute Gasteiger partial charge is 0.255 e. The molecule has 66 valence electrons. The highest BCUT2D eigenvalue weighted by atomic mass is 79.9. The largest absolute Gasteiger partial charge is 0.280 e. The van der Waals surface area contributed by atoms with Gasteiger partial charge in [-0.1, -0.05) is 27.5 Å². The highest BCUT2D eigenvalue weighted by molar-refractivity contribution is 9.08. The molecule has 0 saturated carbocycles. The van der Waals surface area contributed by atoms with E-state index in [0.717, 1.165) is 0 Å². The Labute approximate surface area is 81.9 Å². The zero-order chi connectivity index (χ0) is 9.14. The molecule has 0 unspecified atom stereocenters. The first kappa shape index (κ1) is 9.86. The van der Waals surface area contributed by atoms with Gasteiger partial charge in [0.2, 0.25) is 0 Å². The van der Waals surface area contributed by atoms with Gasteiger partial charge in [0.15, 0.2) is 0 Å². The van der Waals surface area contributed by atoms with Crippen LogP contribution in [0.2, 0.25) is 5.02 Å². The van der Waals surface area contributed by atoms with E-state index in [2.05, 4.69) is 20.9 Å².